The van der Waals surface area contributed by atoms with Gasteiger partial charge in [-0.2, -0.15) is 0 Å². The number of hydrogen-bond acceptors (Lipinski definition) is 3. The Hall–Kier alpha value is -2.18. The molecule has 0 saturated carbocycles. The number of quaternary nitrogens is 1. The minimum absolute atomic E-state index is 0.0314. The summed E-state index contributed by atoms with van der Waals surface area (Å²) in [5.41, 5.74) is 8.10. The van der Waals surface area contributed by atoms with Crippen LogP contribution < -0.4 is 16.4 Å². The topological polar surface area (TPSA) is 88.8 Å². The van der Waals surface area contributed by atoms with Crippen LogP contribution >= 0.6 is 11.3 Å². The summed E-state index contributed by atoms with van der Waals surface area (Å²) in [7, 11) is 0. The molecule has 5 nitrogen and oxygen atoms in total. The van der Waals surface area contributed by atoms with Crippen LogP contribution in [-0.2, 0) is 23.2 Å². The summed E-state index contributed by atoms with van der Waals surface area (Å²) in [6, 6.07) is 9.90. The van der Waals surface area contributed by atoms with Crippen LogP contribution in [0, 0.1) is 0 Å². The average molecular weight is 387 g/mol. The summed E-state index contributed by atoms with van der Waals surface area (Å²) in [5, 5.41) is 5.86. The maximum absolute atomic E-state index is 12.5. The van der Waals surface area contributed by atoms with Gasteiger partial charge >= 0.3 is 0 Å². The summed E-state index contributed by atoms with van der Waals surface area (Å²) in [6.45, 7) is 8.63. The molecule has 0 radical (unpaired) electrons. The van der Waals surface area contributed by atoms with Gasteiger partial charge in [-0.25, -0.2) is 0 Å². The van der Waals surface area contributed by atoms with E-state index >= 15 is 0 Å². The molecule has 2 amide bonds. The molecule has 0 saturated heterocycles. The van der Waals surface area contributed by atoms with Crippen molar-refractivity contribution in [3.05, 3.63) is 51.9 Å². The summed E-state index contributed by atoms with van der Waals surface area (Å²) >= 11 is 1.48. The van der Waals surface area contributed by atoms with E-state index in [2.05, 4.69) is 38.3 Å². The summed E-state index contributed by atoms with van der Waals surface area (Å²) < 4.78 is 0. The largest absolute Gasteiger partial charge is 0.365 e. The molecule has 2 aromatic rings. The van der Waals surface area contributed by atoms with E-state index in [0.717, 1.165) is 22.4 Å². The number of thiophene rings is 1. The van der Waals surface area contributed by atoms with E-state index in [0.29, 0.717) is 23.4 Å². The van der Waals surface area contributed by atoms with Crippen LogP contribution in [0.15, 0.2) is 30.3 Å². The fourth-order valence-electron chi connectivity index (χ4n) is 4.14. The Bertz CT molecular complexity index is 869. The van der Waals surface area contributed by atoms with Crippen molar-refractivity contribution in [1.82, 2.24) is 0 Å². The van der Waals surface area contributed by atoms with E-state index in [1.807, 2.05) is 30.3 Å². The van der Waals surface area contributed by atoms with E-state index in [1.165, 1.54) is 11.3 Å². The van der Waals surface area contributed by atoms with Crippen molar-refractivity contribution in [3.8, 4) is 0 Å². The second-order valence-electron chi connectivity index (χ2n) is 8.54. The molecule has 0 spiro atoms. The van der Waals surface area contributed by atoms with Gasteiger partial charge in [-0.05, 0) is 45.2 Å². The molecule has 1 aliphatic rings. The predicted octanol–water partition coefficient (Wildman–Crippen LogP) is 2.55. The fourth-order valence-corrected chi connectivity index (χ4v) is 5.46. The smallest absolute Gasteiger partial charge is 0.252 e. The Balaban J connectivity index is 1.85. The zero-order valence-corrected chi connectivity index (χ0v) is 17.2. The molecule has 0 fully saturated rings. The number of primary amides is 1. The maximum atomic E-state index is 12.5. The van der Waals surface area contributed by atoms with Gasteiger partial charge in [-0.15, -0.1) is 11.3 Å². The van der Waals surface area contributed by atoms with Crippen molar-refractivity contribution in [2.75, 3.05) is 5.32 Å². The molecule has 0 atom stereocenters. The molecule has 2 heterocycles. The van der Waals surface area contributed by atoms with Crippen LogP contribution in [0.3, 0.4) is 0 Å². The zero-order valence-electron chi connectivity index (χ0n) is 16.4. The number of benzene rings is 1. The van der Waals surface area contributed by atoms with Gasteiger partial charge in [0.1, 0.15) is 10.5 Å². The van der Waals surface area contributed by atoms with Crippen LogP contribution in [0.25, 0.3) is 0 Å². The quantitative estimate of drug-likeness (QED) is 0.737. The maximum Gasteiger partial charge on any atom is 0.252 e. The van der Waals surface area contributed by atoms with Crippen molar-refractivity contribution in [2.45, 2.75) is 58.0 Å². The molecule has 0 aliphatic carbocycles. The lowest BCUT2D eigenvalue weighted by molar-refractivity contribution is -0.789. The fraction of sp³-hybridized carbons (Fsp3) is 0.429. The van der Waals surface area contributed by atoms with Crippen molar-refractivity contribution < 1.29 is 14.9 Å². The lowest BCUT2D eigenvalue weighted by Crippen LogP contribution is -3.03. The van der Waals surface area contributed by atoms with Gasteiger partial charge in [0.25, 0.3) is 5.91 Å². The lowest BCUT2D eigenvalue weighted by atomic mass is 9.81. The molecule has 5 N–H and O–H groups in total. The number of nitrogens with two attached hydrogens (primary N) is 2. The summed E-state index contributed by atoms with van der Waals surface area (Å²) in [5.74, 6) is -0.569. The van der Waals surface area contributed by atoms with Gasteiger partial charge in [0.15, 0.2) is 0 Å². The highest BCUT2D eigenvalue weighted by molar-refractivity contribution is 7.17. The third-order valence-electron chi connectivity index (χ3n) is 4.96. The Morgan fingerprint density at radius 3 is 2.48 bits per heavy atom. The first-order valence-electron chi connectivity index (χ1n) is 9.26. The minimum atomic E-state index is -0.473. The molecular weight excluding hydrogens is 358 g/mol. The van der Waals surface area contributed by atoms with Gasteiger partial charge in [0.05, 0.1) is 16.0 Å². The molecule has 1 aliphatic heterocycles. The number of anilines is 1. The van der Waals surface area contributed by atoms with Gasteiger partial charge in [-0.3, -0.25) is 9.59 Å². The van der Waals surface area contributed by atoms with E-state index < -0.39 is 5.91 Å². The molecule has 0 bridgehead atoms. The lowest BCUT2D eigenvalue weighted by Gasteiger charge is -2.38. The number of aryl methyl sites for hydroxylation is 1. The van der Waals surface area contributed by atoms with Crippen molar-refractivity contribution >= 4 is 28.2 Å². The molecule has 1 aromatic heterocycles. The number of rotatable bonds is 5. The Morgan fingerprint density at radius 2 is 1.85 bits per heavy atom. The zero-order chi connectivity index (χ0) is 19.8. The molecule has 6 heteroatoms. The van der Waals surface area contributed by atoms with Crippen LogP contribution in [-0.4, -0.2) is 17.4 Å². The molecule has 1 aromatic carbocycles. The first kappa shape index (κ1) is 19.6. The monoisotopic (exact) mass is 386 g/mol. The minimum Gasteiger partial charge on any atom is -0.365 e. The van der Waals surface area contributed by atoms with E-state index in [4.69, 9.17) is 5.73 Å². The van der Waals surface area contributed by atoms with Crippen molar-refractivity contribution in [1.29, 1.82) is 0 Å². The summed E-state index contributed by atoms with van der Waals surface area (Å²) in [4.78, 5) is 25.8. The normalized spacial score (nSPS) is 17.2. The number of hydrogen-bond donors (Lipinski definition) is 3. The molecule has 27 heavy (non-hydrogen) atoms. The first-order chi connectivity index (χ1) is 12.6. The second-order valence-corrected chi connectivity index (χ2v) is 9.56. The van der Waals surface area contributed by atoms with Gasteiger partial charge in [0.2, 0.25) is 5.91 Å². The SMILES string of the molecule is CC1(C)Cc2c(sc(NC(=O)CCc3ccccc3)c2C(N)=O)C(C)(C)[NH2+]1. The number of nitrogens with one attached hydrogen (secondary N) is 1. The highest BCUT2D eigenvalue weighted by Crippen LogP contribution is 2.41. The van der Waals surface area contributed by atoms with Crippen LogP contribution in [0.2, 0.25) is 0 Å². The number of carbonyl (C=O) groups excluding carboxylic acids is 2. The third-order valence-corrected chi connectivity index (χ3v) is 6.45. The summed E-state index contributed by atoms with van der Waals surface area (Å²) in [6.07, 6.45) is 1.78. The van der Waals surface area contributed by atoms with Gasteiger partial charge in [-0.1, -0.05) is 30.3 Å². The Morgan fingerprint density at radius 1 is 1.19 bits per heavy atom. The molecular formula is C21H28N3O2S+. The second kappa shape index (κ2) is 7.09. The van der Waals surface area contributed by atoms with Crippen LogP contribution in [0.4, 0.5) is 5.00 Å². The number of carbonyl (C=O) groups is 2. The van der Waals surface area contributed by atoms with Gasteiger partial charge in [0, 0.05) is 12.8 Å². The molecule has 3 rings (SSSR count). The van der Waals surface area contributed by atoms with Crippen LogP contribution in [0.5, 0.6) is 0 Å². The van der Waals surface area contributed by atoms with Crippen LogP contribution in [0.1, 0.15) is 60.5 Å². The predicted molar refractivity (Wildman–Crippen MR) is 109 cm³/mol. The first-order valence-corrected chi connectivity index (χ1v) is 10.1. The highest BCUT2D eigenvalue weighted by atomic mass is 32.1. The number of amides is 2. The van der Waals surface area contributed by atoms with Crippen molar-refractivity contribution in [2.24, 2.45) is 5.73 Å². The Labute approximate surface area is 164 Å². The molecule has 144 valence electrons. The Kier molecular flexibility index (Phi) is 5.14. The van der Waals surface area contributed by atoms with E-state index in [1.54, 1.807) is 0 Å². The van der Waals surface area contributed by atoms with E-state index in [-0.39, 0.29) is 17.0 Å². The average Bonchev–Trinajstić information content (AvgIpc) is 2.91. The highest BCUT2D eigenvalue weighted by Gasteiger charge is 2.45. The standard InChI is InChI=1S/C21H27N3O2S/c1-20(2)12-14-16(18(22)26)19(27-17(14)21(3,4)24-20)23-15(25)11-10-13-8-6-5-7-9-13/h5-9,24H,10-12H2,1-4H3,(H2,22,26)(H,23,25)/p+1. The van der Waals surface area contributed by atoms with Gasteiger partial charge < -0.3 is 16.4 Å². The number of fused-ring (bicyclic) bond motifs is 1. The van der Waals surface area contributed by atoms with Crippen molar-refractivity contribution in [3.63, 3.8) is 0 Å². The third kappa shape index (κ3) is 4.22. The van der Waals surface area contributed by atoms with E-state index in [9.17, 15) is 9.59 Å². The molecule has 0 unspecified atom stereocenters.